The Hall–Kier alpha value is -0.980. The van der Waals surface area contributed by atoms with Crippen molar-refractivity contribution in [3.8, 4) is 5.75 Å². The average Bonchev–Trinajstić information content (AvgIpc) is 2.82. The Morgan fingerprint density at radius 3 is 1.97 bits per heavy atom. The summed E-state index contributed by atoms with van der Waals surface area (Å²) in [6.07, 6.45) is 24.0. The zero-order valence-electron chi connectivity index (χ0n) is 20.8. The van der Waals surface area contributed by atoms with Crippen molar-refractivity contribution in [2.45, 2.75) is 129 Å². The fourth-order valence-electron chi connectivity index (χ4n) is 6.35. The molecule has 1 nitrogen and oxygen atoms in total. The Labute approximate surface area is 193 Å². The van der Waals surface area contributed by atoms with Crippen LogP contribution in [-0.4, -0.2) is 6.61 Å². The molecule has 0 spiro atoms. The first-order valence-corrected chi connectivity index (χ1v) is 14.0. The van der Waals surface area contributed by atoms with Crippen molar-refractivity contribution in [3.63, 3.8) is 0 Å². The number of rotatable bonds is 13. The van der Waals surface area contributed by atoms with Crippen molar-refractivity contribution in [2.75, 3.05) is 6.61 Å². The highest BCUT2D eigenvalue weighted by Crippen LogP contribution is 2.38. The molecule has 3 rings (SSSR count). The Balaban J connectivity index is 1.33. The van der Waals surface area contributed by atoms with Gasteiger partial charge in [-0.3, -0.25) is 0 Å². The van der Waals surface area contributed by atoms with Crippen molar-refractivity contribution in [1.82, 2.24) is 0 Å². The standard InChI is InChI=1S/C30H50O/c1-3-5-7-11-25-16-18-28(19-17-25)29-20-22-30(23-21-29)31-24-10-15-27-14-9-8-13-26(27)12-6-4-2/h20-23,25-28H,3-19,24H2,1-2H3. The molecule has 0 N–H and O–H groups in total. The zero-order valence-corrected chi connectivity index (χ0v) is 20.8. The van der Waals surface area contributed by atoms with Gasteiger partial charge in [-0.25, -0.2) is 0 Å². The molecule has 1 aromatic rings. The van der Waals surface area contributed by atoms with E-state index < -0.39 is 0 Å². The SMILES string of the molecule is CCCCCC1CCC(c2ccc(OCCCC3CCCCC3CCCC)cc2)CC1. The maximum absolute atomic E-state index is 6.13. The van der Waals surface area contributed by atoms with Gasteiger partial charge < -0.3 is 4.74 Å². The lowest BCUT2D eigenvalue weighted by Gasteiger charge is -2.31. The first kappa shape index (κ1) is 24.7. The Bertz CT molecular complexity index is 569. The van der Waals surface area contributed by atoms with E-state index in [9.17, 15) is 0 Å². The van der Waals surface area contributed by atoms with Gasteiger partial charge in [0, 0.05) is 0 Å². The molecule has 0 amide bonds. The van der Waals surface area contributed by atoms with Crippen LogP contribution in [-0.2, 0) is 0 Å². The van der Waals surface area contributed by atoms with Gasteiger partial charge in [0.25, 0.3) is 0 Å². The first-order chi connectivity index (χ1) is 15.3. The van der Waals surface area contributed by atoms with Gasteiger partial charge in [-0.2, -0.15) is 0 Å². The molecule has 0 radical (unpaired) electrons. The van der Waals surface area contributed by atoms with Gasteiger partial charge >= 0.3 is 0 Å². The Morgan fingerprint density at radius 2 is 1.32 bits per heavy atom. The highest BCUT2D eigenvalue weighted by atomic mass is 16.5. The molecule has 0 heterocycles. The van der Waals surface area contributed by atoms with Gasteiger partial charge in [-0.15, -0.1) is 0 Å². The molecule has 1 aromatic carbocycles. The predicted octanol–water partition coefficient (Wildman–Crippen LogP) is 9.70. The molecular weight excluding hydrogens is 376 g/mol. The normalized spacial score (nSPS) is 26.6. The maximum atomic E-state index is 6.13. The third-order valence-electron chi connectivity index (χ3n) is 8.40. The molecule has 0 aliphatic heterocycles. The maximum Gasteiger partial charge on any atom is 0.119 e. The fraction of sp³-hybridized carbons (Fsp3) is 0.800. The Morgan fingerprint density at radius 1 is 0.677 bits per heavy atom. The van der Waals surface area contributed by atoms with Gasteiger partial charge in [0.2, 0.25) is 0 Å². The molecule has 2 aliphatic carbocycles. The topological polar surface area (TPSA) is 9.23 Å². The Kier molecular flexibility index (Phi) is 11.3. The fourth-order valence-corrected chi connectivity index (χ4v) is 6.35. The van der Waals surface area contributed by atoms with E-state index in [0.717, 1.165) is 36.0 Å². The lowest BCUT2D eigenvalue weighted by Crippen LogP contribution is -2.20. The lowest BCUT2D eigenvalue weighted by atomic mass is 9.75. The van der Waals surface area contributed by atoms with E-state index in [1.54, 1.807) is 5.56 Å². The van der Waals surface area contributed by atoms with Crippen LogP contribution in [0, 0.1) is 17.8 Å². The van der Waals surface area contributed by atoms with Crippen LogP contribution in [0.15, 0.2) is 24.3 Å². The highest BCUT2D eigenvalue weighted by Gasteiger charge is 2.24. The third kappa shape index (κ3) is 8.47. The minimum absolute atomic E-state index is 0.780. The van der Waals surface area contributed by atoms with Crippen molar-refractivity contribution in [3.05, 3.63) is 29.8 Å². The second-order valence-electron chi connectivity index (χ2n) is 10.7. The van der Waals surface area contributed by atoms with Crippen LogP contribution >= 0.6 is 0 Å². The zero-order chi connectivity index (χ0) is 21.7. The number of hydrogen-bond acceptors (Lipinski definition) is 1. The van der Waals surface area contributed by atoms with Crippen LogP contribution in [0.5, 0.6) is 5.75 Å². The largest absolute Gasteiger partial charge is 0.494 e. The van der Waals surface area contributed by atoms with Gasteiger partial charge in [-0.1, -0.05) is 96.6 Å². The molecule has 0 saturated heterocycles. The van der Waals surface area contributed by atoms with Gasteiger partial charge in [0.15, 0.2) is 0 Å². The first-order valence-electron chi connectivity index (χ1n) is 14.0. The van der Waals surface area contributed by atoms with E-state index in [4.69, 9.17) is 4.74 Å². The number of unbranched alkanes of at least 4 members (excludes halogenated alkanes) is 3. The number of hydrogen-bond donors (Lipinski definition) is 0. The molecule has 2 fully saturated rings. The van der Waals surface area contributed by atoms with Crippen molar-refractivity contribution in [1.29, 1.82) is 0 Å². The van der Waals surface area contributed by atoms with Gasteiger partial charge in [0.05, 0.1) is 6.61 Å². The second-order valence-corrected chi connectivity index (χ2v) is 10.7. The van der Waals surface area contributed by atoms with Crippen LogP contribution in [0.1, 0.15) is 134 Å². The quantitative estimate of drug-likeness (QED) is 0.285. The monoisotopic (exact) mass is 426 g/mol. The molecule has 2 unspecified atom stereocenters. The molecule has 2 aliphatic rings. The van der Waals surface area contributed by atoms with E-state index >= 15 is 0 Å². The summed E-state index contributed by atoms with van der Waals surface area (Å²) in [7, 11) is 0. The molecule has 0 bridgehead atoms. The second kappa shape index (κ2) is 14.2. The summed E-state index contributed by atoms with van der Waals surface area (Å²) in [4.78, 5) is 0. The summed E-state index contributed by atoms with van der Waals surface area (Å²) in [6, 6.07) is 9.15. The van der Waals surface area contributed by atoms with E-state index in [1.165, 1.54) is 109 Å². The van der Waals surface area contributed by atoms with Gasteiger partial charge in [0.1, 0.15) is 5.75 Å². The molecule has 2 atom stereocenters. The van der Waals surface area contributed by atoms with Crippen LogP contribution in [0.3, 0.4) is 0 Å². The summed E-state index contributed by atoms with van der Waals surface area (Å²) in [5, 5.41) is 0. The summed E-state index contributed by atoms with van der Waals surface area (Å²) >= 11 is 0. The third-order valence-corrected chi connectivity index (χ3v) is 8.40. The highest BCUT2D eigenvalue weighted by molar-refractivity contribution is 5.29. The van der Waals surface area contributed by atoms with Crippen molar-refractivity contribution >= 4 is 0 Å². The van der Waals surface area contributed by atoms with E-state index in [1.807, 2.05) is 0 Å². The molecular formula is C30H50O. The minimum atomic E-state index is 0.780. The molecule has 0 aromatic heterocycles. The molecule has 31 heavy (non-hydrogen) atoms. The lowest BCUT2D eigenvalue weighted by molar-refractivity contribution is 0.191. The molecule has 2 saturated carbocycles. The van der Waals surface area contributed by atoms with Crippen LogP contribution in [0.4, 0.5) is 0 Å². The summed E-state index contributed by atoms with van der Waals surface area (Å²) < 4.78 is 6.13. The molecule has 176 valence electrons. The summed E-state index contributed by atoms with van der Waals surface area (Å²) in [6.45, 7) is 5.53. The van der Waals surface area contributed by atoms with E-state index in [-0.39, 0.29) is 0 Å². The smallest absolute Gasteiger partial charge is 0.119 e. The summed E-state index contributed by atoms with van der Waals surface area (Å²) in [5.74, 6) is 4.81. The van der Waals surface area contributed by atoms with E-state index in [0.29, 0.717) is 0 Å². The van der Waals surface area contributed by atoms with Crippen LogP contribution in [0.25, 0.3) is 0 Å². The van der Waals surface area contributed by atoms with E-state index in [2.05, 4.69) is 38.1 Å². The summed E-state index contributed by atoms with van der Waals surface area (Å²) in [5.41, 5.74) is 1.54. The van der Waals surface area contributed by atoms with Crippen LogP contribution < -0.4 is 4.74 Å². The minimum Gasteiger partial charge on any atom is -0.494 e. The van der Waals surface area contributed by atoms with Crippen molar-refractivity contribution in [2.24, 2.45) is 17.8 Å². The predicted molar refractivity (Wildman–Crippen MR) is 135 cm³/mol. The average molecular weight is 427 g/mol. The van der Waals surface area contributed by atoms with Crippen molar-refractivity contribution < 1.29 is 4.74 Å². The number of benzene rings is 1. The molecule has 1 heteroatoms. The number of ether oxygens (including phenoxy) is 1. The van der Waals surface area contributed by atoms with Gasteiger partial charge in [-0.05, 0) is 79.9 Å². The van der Waals surface area contributed by atoms with Crippen LogP contribution in [0.2, 0.25) is 0 Å².